The van der Waals surface area contributed by atoms with E-state index in [0.29, 0.717) is 19.6 Å². The molecule has 26 heavy (non-hydrogen) atoms. The van der Waals surface area contributed by atoms with E-state index in [4.69, 9.17) is 9.47 Å². The van der Waals surface area contributed by atoms with E-state index in [1.54, 1.807) is 11.9 Å². The Labute approximate surface area is 153 Å². The van der Waals surface area contributed by atoms with Crippen molar-refractivity contribution in [1.29, 1.82) is 0 Å². The van der Waals surface area contributed by atoms with Gasteiger partial charge in [-0.15, -0.1) is 0 Å². The third-order valence-corrected chi connectivity index (χ3v) is 4.77. The number of fused-ring (bicyclic) bond motifs is 1. The van der Waals surface area contributed by atoms with Crippen LogP contribution in [-0.4, -0.2) is 29.8 Å². The van der Waals surface area contributed by atoms with E-state index in [9.17, 15) is 4.79 Å². The lowest BCUT2D eigenvalue weighted by atomic mass is 9.97. The maximum Gasteiger partial charge on any atom is 0.240 e. The summed E-state index contributed by atoms with van der Waals surface area (Å²) in [6.07, 6.45) is 1.55. The van der Waals surface area contributed by atoms with Gasteiger partial charge in [0.25, 0.3) is 0 Å². The maximum absolute atomic E-state index is 12.2. The van der Waals surface area contributed by atoms with Gasteiger partial charge in [0.05, 0.1) is 25.0 Å². The minimum Gasteiger partial charge on any atom is -0.490 e. The molecule has 0 N–H and O–H groups in total. The lowest BCUT2D eigenvalue weighted by Gasteiger charge is -2.21. The van der Waals surface area contributed by atoms with Crippen LogP contribution in [0.25, 0.3) is 0 Å². The van der Waals surface area contributed by atoms with Gasteiger partial charge in [0, 0.05) is 19.8 Å². The van der Waals surface area contributed by atoms with Gasteiger partial charge in [-0.2, -0.15) is 5.10 Å². The number of benzene rings is 2. The van der Waals surface area contributed by atoms with Crippen LogP contribution in [0, 0.1) is 6.92 Å². The summed E-state index contributed by atoms with van der Waals surface area (Å²) in [5.41, 5.74) is 4.20. The summed E-state index contributed by atoms with van der Waals surface area (Å²) in [5.74, 6) is 1.44. The van der Waals surface area contributed by atoms with Gasteiger partial charge in [0.15, 0.2) is 11.5 Å². The molecule has 0 bridgehead atoms. The molecule has 1 unspecified atom stereocenters. The van der Waals surface area contributed by atoms with Gasteiger partial charge in [-0.3, -0.25) is 4.79 Å². The Balaban J connectivity index is 1.65. The molecule has 2 aliphatic heterocycles. The van der Waals surface area contributed by atoms with Gasteiger partial charge < -0.3 is 9.47 Å². The Kier molecular flexibility index (Phi) is 4.37. The third kappa shape index (κ3) is 3.17. The first kappa shape index (κ1) is 16.6. The number of ether oxygens (including phenoxy) is 2. The van der Waals surface area contributed by atoms with E-state index in [-0.39, 0.29) is 11.9 Å². The number of amides is 1. The van der Waals surface area contributed by atoms with Crippen LogP contribution in [0.1, 0.15) is 42.5 Å². The van der Waals surface area contributed by atoms with E-state index >= 15 is 0 Å². The van der Waals surface area contributed by atoms with Crippen LogP contribution in [-0.2, 0) is 4.79 Å². The normalized spacial score (nSPS) is 19.1. The van der Waals surface area contributed by atoms with Crippen LogP contribution in [0.2, 0.25) is 0 Å². The van der Waals surface area contributed by atoms with E-state index in [2.05, 4.69) is 36.3 Å². The number of hydrogen-bond acceptors (Lipinski definition) is 4. The highest BCUT2D eigenvalue weighted by molar-refractivity contribution is 6.03. The fraction of sp³-hybridized carbons (Fsp3) is 0.333. The summed E-state index contributed by atoms with van der Waals surface area (Å²) in [7, 11) is 0. The van der Waals surface area contributed by atoms with Crippen LogP contribution in [0.3, 0.4) is 0 Å². The van der Waals surface area contributed by atoms with Crippen molar-refractivity contribution in [1.82, 2.24) is 5.01 Å². The molecule has 4 rings (SSSR count). The quantitative estimate of drug-likeness (QED) is 0.826. The number of carbonyl (C=O) groups is 1. The van der Waals surface area contributed by atoms with E-state index in [1.165, 1.54) is 5.56 Å². The van der Waals surface area contributed by atoms with Crippen molar-refractivity contribution < 1.29 is 14.3 Å². The molecule has 5 nitrogen and oxygen atoms in total. The van der Waals surface area contributed by atoms with Gasteiger partial charge in [0.2, 0.25) is 5.91 Å². The summed E-state index contributed by atoms with van der Waals surface area (Å²) in [4.78, 5) is 12.2. The van der Waals surface area contributed by atoms with Crippen LogP contribution >= 0.6 is 0 Å². The summed E-state index contributed by atoms with van der Waals surface area (Å²) >= 11 is 0. The van der Waals surface area contributed by atoms with E-state index in [1.807, 2.05) is 18.2 Å². The zero-order valence-electron chi connectivity index (χ0n) is 15.1. The Morgan fingerprint density at radius 2 is 1.81 bits per heavy atom. The number of hydrazone groups is 1. The molecule has 0 aromatic heterocycles. The lowest BCUT2D eigenvalue weighted by Crippen LogP contribution is -2.24. The molecule has 0 saturated carbocycles. The van der Waals surface area contributed by atoms with Gasteiger partial charge >= 0.3 is 0 Å². The molecule has 0 spiro atoms. The minimum absolute atomic E-state index is 0.0655. The predicted octanol–water partition coefficient (Wildman–Crippen LogP) is 3.85. The van der Waals surface area contributed by atoms with Gasteiger partial charge in [0.1, 0.15) is 0 Å². The monoisotopic (exact) mass is 350 g/mol. The van der Waals surface area contributed by atoms with Crippen molar-refractivity contribution in [2.75, 3.05) is 13.2 Å². The molecule has 0 saturated heterocycles. The average molecular weight is 350 g/mol. The molecule has 134 valence electrons. The Morgan fingerprint density at radius 1 is 1.08 bits per heavy atom. The standard InChI is InChI=1S/C21H22N2O3/c1-14-4-6-16(7-5-14)18-13-19(23(22-18)15(2)24)17-8-9-20-21(12-17)26-11-3-10-25-20/h4-9,12,19H,3,10-11,13H2,1-2H3. The van der Waals surface area contributed by atoms with Crippen molar-refractivity contribution in [2.24, 2.45) is 5.10 Å². The molecule has 2 aliphatic rings. The van der Waals surface area contributed by atoms with Gasteiger partial charge in [-0.25, -0.2) is 5.01 Å². The number of aryl methyl sites for hydroxylation is 1. The number of hydrogen-bond donors (Lipinski definition) is 0. The summed E-state index contributed by atoms with van der Waals surface area (Å²) < 4.78 is 11.5. The first-order valence-corrected chi connectivity index (χ1v) is 8.96. The molecular weight excluding hydrogens is 328 g/mol. The predicted molar refractivity (Wildman–Crippen MR) is 99.6 cm³/mol. The van der Waals surface area contributed by atoms with Gasteiger partial charge in [-0.05, 0) is 30.2 Å². The topological polar surface area (TPSA) is 51.1 Å². The lowest BCUT2D eigenvalue weighted by molar-refractivity contribution is -0.130. The second-order valence-corrected chi connectivity index (χ2v) is 6.75. The summed E-state index contributed by atoms with van der Waals surface area (Å²) in [5, 5.41) is 6.18. The SMILES string of the molecule is CC(=O)N1N=C(c2ccc(C)cc2)CC1c1ccc2c(c1)OCCCO2. The average Bonchev–Trinajstić information content (AvgIpc) is 2.95. The number of carbonyl (C=O) groups excluding carboxylic acids is 1. The van der Waals surface area contributed by atoms with Crippen molar-refractivity contribution in [2.45, 2.75) is 32.7 Å². The Hall–Kier alpha value is -2.82. The number of nitrogens with zero attached hydrogens (tertiary/aromatic N) is 2. The van der Waals surface area contributed by atoms with Crippen LogP contribution in [0.5, 0.6) is 11.5 Å². The van der Waals surface area contributed by atoms with Crippen molar-refractivity contribution in [3.8, 4) is 11.5 Å². The highest BCUT2D eigenvalue weighted by Gasteiger charge is 2.32. The zero-order chi connectivity index (χ0) is 18.1. The molecule has 0 fully saturated rings. The van der Waals surface area contributed by atoms with Gasteiger partial charge in [-0.1, -0.05) is 35.9 Å². The van der Waals surface area contributed by atoms with E-state index in [0.717, 1.165) is 34.8 Å². The molecule has 1 amide bonds. The second-order valence-electron chi connectivity index (χ2n) is 6.75. The highest BCUT2D eigenvalue weighted by atomic mass is 16.5. The van der Waals surface area contributed by atoms with Crippen LogP contribution in [0.4, 0.5) is 0 Å². The fourth-order valence-electron chi connectivity index (χ4n) is 3.37. The smallest absolute Gasteiger partial charge is 0.240 e. The second kappa shape index (κ2) is 6.83. The minimum atomic E-state index is -0.124. The summed E-state index contributed by atoms with van der Waals surface area (Å²) in [6.45, 7) is 4.92. The molecule has 2 aromatic rings. The molecular formula is C21H22N2O3. The largest absolute Gasteiger partial charge is 0.490 e. The molecule has 0 aliphatic carbocycles. The molecule has 0 radical (unpaired) electrons. The molecule has 2 aromatic carbocycles. The maximum atomic E-state index is 12.2. The van der Waals surface area contributed by atoms with Crippen molar-refractivity contribution >= 4 is 11.6 Å². The fourth-order valence-corrected chi connectivity index (χ4v) is 3.37. The van der Waals surface area contributed by atoms with Crippen LogP contribution in [0.15, 0.2) is 47.6 Å². The Bertz CT molecular complexity index is 858. The molecule has 5 heteroatoms. The molecule has 2 heterocycles. The zero-order valence-corrected chi connectivity index (χ0v) is 15.1. The van der Waals surface area contributed by atoms with Crippen LogP contribution < -0.4 is 9.47 Å². The Morgan fingerprint density at radius 3 is 2.54 bits per heavy atom. The highest BCUT2D eigenvalue weighted by Crippen LogP contribution is 2.38. The first-order chi connectivity index (χ1) is 12.6. The first-order valence-electron chi connectivity index (χ1n) is 8.96. The number of rotatable bonds is 2. The third-order valence-electron chi connectivity index (χ3n) is 4.77. The van der Waals surface area contributed by atoms with E-state index < -0.39 is 0 Å². The van der Waals surface area contributed by atoms with Crippen molar-refractivity contribution in [3.05, 3.63) is 59.2 Å². The van der Waals surface area contributed by atoms with Crippen molar-refractivity contribution in [3.63, 3.8) is 0 Å². The summed E-state index contributed by atoms with van der Waals surface area (Å²) in [6, 6.07) is 14.0. The molecule has 1 atom stereocenters.